The Hall–Kier alpha value is -1.25. The van der Waals surface area contributed by atoms with Gasteiger partial charge in [0, 0.05) is 16.2 Å². The average molecular weight is 283 g/mol. The second kappa shape index (κ2) is 6.47. The van der Waals surface area contributed by atoms with Crippen LogP contribution in [0.1, 0.15) is 36.4 Å². The summed E-state index contributed by atoms with van der Waals surface area (Å²) in [7, 11) is 0. The zero-order chi connectivity index (χ0) is 13.8. The van der Waals surface area contributed by atoms with Gasteiger partial charge in [-0.3, -0.25) is 0 Å². The molecule has 0 fully saturated rings. The lowest BCUT2D eigenvalue weighted by molar-refractivity contribution is 0.578. The summed E-state index contributed by atoms with van der Waals surface area (Å²) in [5, 5.41) is 0.746. The van der Waals surface area contributed by atoms with Crippen molar-refractivity contribution in [1.82, 2.24) is 0 Å². The molecule has 0 spiro atoms. The molecule has 0 saturated heterocycles. The third kappa shape index (κ3) is 3.25. The van der Waals surface area contributed by atoms with Gasteiger partial charge < -0.3 is 5.73 Å². The Kier molecular flexibility index (Phi) is 4.44. The van der Waals surface area contributed by atoms with Crippen LogP contribution in [0, 0.1) is 0 Å². The van der Waals surface area contributed by atoms with E-state index in [9.17, 15) is 0 Å². The van der Waals surface area contributed by atoms with Crippen LogP contribution in [-0.2, 0) is 6.42 Å². The maximum Gasteiger partial charge on any atom is 0.0294 e. The second-order valence-electron chi connectivity index (χ2n) is 5.50. The molecule has 0 saturated carbocycles. The van der Waals surface area contributed by atoms with Gasteiger partial charge >= 0.3 is 0 Å². The van der Waals surface area contributed by atoms with E-state index in [4.69, 9.17) is 5.73 Å². The average Bonchev–Trinajstić information content (AvgIpc) is 2.90. The zero-order valence-corrected chi connectivity index (χ0v) is 12.5. The van der Waals surface area contributed by atoms with Crippen LogP contribution in [0.3, 0.4) is 0 Å². The normalized spacial score (nSPS) is 18.8. The lowest BCUT2D eigenvalue weighted by atomic mass is 10.00. The quantitative estimate of drug-likeness (QED) is 0.869. The van der Waals surface area contributed by atoms with Gasteiger partial charge in [-0.15, -0.1) is 11.8 Å². The van der Waals surface area contributed by atoms with Crippen molar-refractivity contribution in [2.45, 2.75) is 41.9 Å². The first-order chi connectivity index (χ1) is 9.83. The Labute approximate surface area is 125 Å². The van der Waals surface area contributed by atoms with Crippen LogP contribution in [0.2, 0.25) is 0 Å². The number of fused-ring (bicyclic) bond motifs is 1. The Bertz CT molecular complexity index is 527. The summed E-state index contributed by atoms with van der Waals surface area (Å²) in [6, 6.07) is 19.4. The summed E-state index contributed by atoms with van der Waals surface area (Å²) in [6.45, 7) is 0. The Morgan fingerprint density at radius 3 is 2.60 bits per heavy atom. The van der Waals surface area contributed by atoms with Crippen LogP contribution in [0.15, 0.2) is 59.5 Å². The second-order valence-corrected chi connectivity index (χ2v) is 6.84. The molecule has 1 aliphatic rings. The van der Waals surface area contributed by atoms with Gasteiger partial charge in [0.05, 0.1) is 0 Å². The van der Waals surface area contributed by atoms with Gasteiger partial charge in [-0.25, -0.2) is 0 Å². The summed E-state index contributed by atoms with van der Waals surface area (Å²) < 4.78 is 0. The van der Waals surface area contributed by atoms with E-state index < -0.39 is 0 Å². The number of benzene rings is 2. The summed E-state index contributed by atoms with van der Waals surface area (Å²) in [4.78, 5) is 1.48. The molecular formula is C18H21NS. The first-order valence-corrected chi connectivity index (χ1v) is 8.26. The molecule has 0 aromatic heterocycles. The molecule has 104 valence electrons. The van der Waals surface area contributed by atoms with Crippen molar-refractivity contribution in [3.63, 3.8) is 0 Å². The highest BCUT2D eigenvalue weighted by Crippen LogP contribution is 2.39. The Balaban J connectivity index is 1.46. The van der Waals surface area contributed by atoms with E-state index >= 15 is 0 Å². The van der Waals surface area contributed by atoms with Crippen LogP contribution in [0.25, 0.3) is 0 Å². The minimum Gasteiger partial charge on any atom is -0.324 e. The molecule has 1 heterocycles. The summed E-state index contributed by atoms with van der Waals surface area (Å²) in [5.41, 5.74) is 9.04. The van der Waals surface area contributed by atoms with Crippen molar-refractivity contribution in [1.29, 1.82) is 0 Å². The first-order valence-electron chi connectivity index (χ1n) is 7.38. The highest BCUT2D eigenvalue weighted by Gasteiger charge is 2.21. The van der Waals surface area contributed by atoms with Gasteiger partial charge in [0.15, 0.2) is 0 Å². The molecule has 3 rings (SSSR count). The molecule has 2 atom stereocenters. The molecule has 0 amide bonds. The predicted molar refractivity (Wildman–Crippen MR) is 87.0 cm³/mol. The van der Waals surface area contributed by atoms with Crippen LogP contribution >= 0.6 is 11.8 Å². The van der Waals surface area contributed by atoms with Crippen LogP contribution in [0.4, 0.5) is 0 Å². The summed E-state index contributed by atoms with van der Waals surface area (Å²) in [5.74, 6) is 0. The molecule has 0 radical (unpaired) electrons. The van der Waals surface area contributed by atoms with E-state index in [1.165, 1.54) is 35.3 Å². The van der Waals surface area contributed by atoms with E-state index in [0.717, 1.165) is 11.7 Å². The van der Waals surface area contributed by atoms with Crippen molar-refractivity contribution < 1.29 is 0 Å². The van der Waals surface area contributed by atoms with E-state index in [1.54, 1.807) is 0 Å². The maximum atomic E-state index is 6.26. The summed E-state index contributed by atoms with van der Waals surface area (Å²) in [6.07, 6.45) is 4.78. The van der Waals surface area contributed by atoms with Gasteiger partial charge in [0.1, 0.15) is 0 Å². The molecular weight excluding hydrogens is 262 g/mol. The molecule has 0 bridgehead atoms. The standard InChI is InChI=1S/C18H21NS/c19-17(14-7-2-1-3-8-14)11-6-10-16-13-15-9-4-5-12-18(15)20-16/h1-5,7-9,12,16-17H,6,10-11,13,19H2. The lowest BCUT2D eigenvalue weighted by Gasteiger charge is -2.13. The van der Waals surface area contributed by atoms with Crippen molar-refractivity contribution in [2.75, 3.05) is 0 Å². The number of rotatable bonds is 5. The molecule has 20 heavy (non-hydrogen) atoms. The molecule has 2 N–H and O–H groups in total. The van der Waals surface area contributed by atoms with E-state index in [2.05, 4.69) is 48.5 Å². The third-order valence-corrected chi connectivity index (χ3v) is 5.37. The van der Waals surface area contributed by atoms with Crippen LogP contribution in [0.5, 0.6) is 0 Å². The monoisotopic (exact) mass is 283 g/mol. The minimum absolute atomic E-state index is 0.185. The van der Waals surface area contributed by atoms with E-state index in [0.29, 0.717) is 0 Å². The fourth-order valence-electron chi connectivity index (χ4n) is 2.85. The molecule has 2 aromatic rings. The molecule has 0 aliphatic carbocycles. The van der Waals surface area contributed by atoms with Crippen molar-refractivity contribution in [3.8, 4) is 0 Å². The topological polar surface area (TPSA) is 26.0 Å². The molecule has 2 aromatic carbocycles. The fourth-order valence-corrected chi connectivity index (χ4v) is 4.21. The summed E-state index contributed by atoms with van der Waals surface area (Å²) >= 11 is 2.04. The van der Waals surface area contributed by atoms with Crippen LogP contribution in [-0.4, -0.2) is 5.25 Å². The lowest BCUT2D eigenvalue weighted by Crippen LogP contribution is -2.11. The van der Waals surface area contributed by atoms with E-state index in [1.807, 2.05) is 17.8 Å². The zero-order valence-electron chi connectivity index (χ0n) is 11.7. The minimum atomic E-state index is 0.185. The number of thioether (sulfide) groups is 1. The smallest absolute Gasteiger partial charge is 0.0294 e. The highest BCUT2D eigenvalue weighted by molar-refractivity contribution is 8.00. The SMILES string of the molecule is NC(CCCC1Cc2ccccc2S1)c1ccccc1. The third-order valence-electron chi connectivity index (χ3n) is 3.98. The van der Waals surface area contributed by atoms with Gasteiger partial charge in [0.2, 0.25) is 0 Å². The fraction of sp³-hybridized carbons (Fsp3) is 0.333. The number of nitrogens with two attached hydrogens (primary N) is 1. The van der Waals surface area contributed by atoms with E-state index in [-0.39, 0.29) is 6.04 Å². The van der Waals surface area contributed by atoms with Gasteiger partial charge in [0.25, 0.3) is 0 Å². The highest BCUT2D eigenvalue weighted by atomic mass is 32.2. The van der Waals surface area contributed by atoms with Crippen LogP contribution < -0.4 is 5.73 Å². The molecule has 1 nitrogen and oxygen atoms in total. The maximum absolute atomic E-state index is 6.26. The van der Waals surface area contributed by atoms with Crippen molar-refractivity contribution in [3.05, 3.63) is 65.7 Å². The Morgan fingerprint density at radius 2 is 1.80 bits per heavy atom. The van der Waals surface area contributed by atoms with Gasteiger partial charge in [-0.05, 0) is 36.5 Å². The largest absolute Gasteiger partial charge is 0.324 e. The Morgan fingerprint density at radius 1 is 1.05 bits per heavy atom. The predicted octanol–water partition coefficient (Wildman–Crippen LogP) is 4.57. The number of hydrogen-bond acceptors (Lipinski definition) is 2. The van der Waals surface area contributed by atoms with Gasteiger partial charge in [-0.1, -0.05) is 55.0 Å². The van der Waals surface area contributed by atoms with Crippen molar-refractivity contribution >= 4 is 11.8 Å². The molecule has 2 unspecified atom stereocenters. The first kappa shape index (κ1) is 13.7. The molecule has 1 aliphatic heterocycles. The number of hydrogen-bond donors (Lipinski definition) is 1. The van der Waals surface area contributed by atoms with Gasteiger partial charge in [-0.2, -0.15) is 0 Å². The molecule has 2 heteroatoms. The van der Waals surface area contributed by atoms with Crippen molar-refractivity contribution in [2.24, 2.45) is 5.73 Å².